The highest BCUT2D eigenvalue weighted by molar-refractivity contribution is 5.80. The molecule has 0 bridgehead atoms. The van der Waals surface area contributed by atoms with Crippen LogP contribution >= 0.6 is 0 Å². The van der Waals surface area contributed by atoms with E-state index in [1.165, 1.54) is 45.2 Å². The van der Waals surface area contributed by atoms with E-state index < -0.39 is 0 Å². The van der Waals surface area contributed by atoms with Gasteiger partial charge in [-0.3, -0.25) is 4.99 Å². The van der Waals surface area contributed by atoms with Gasteiger partial charge in [0.1, 0.15) is 0 Å². The van der Waals surface area contributed by atoms with E-state index in [9.17, 15) is 0 Å². The molecule has 1 N–H and O–H groups in total. The molecule has 4 nitrogen and oxygen atoms in total. The van der Waals surface area contributed by atoms with Crippen LogP contribution in [0.3, 0.4) is 0 Å². The summed E-state index contributed by atoms with van der Waals surface area (Å²) in [6.45, 7) is 7.02. The molecule has 0 aromatic heterocycles. The van der Waals surface area contributed by atoms with Crippen molar-refractivity contribution in [2.45, 2.75) is 45.4 Å². The van der Waals surface area contributed by atoms with E-state index in [4.69, 9.17) is 4.74 Å². The Morgan fingerprint density at radius 2 is 2.11 bits per heavy atom. The highest BCUT2D eigenvalue weighted by Gasteiger charge is 2.40. The monoisotopic (exact) mass is 267 g/mol. The molecule has 0 aromatic rings. The molecule has 0 amide bonds. The van der Waals surface area contributed by atoms with Gasteiger partial charge in [-0.15, -0.1) is 0 Å². The Morgan fingerprint density at radius 3 is 2.79 bits per heavy atom. The van der Waals surface area contributed by atoms with Crippen molar-refractivity contribution in [2.24, 2.45) is 10.4 Å². The molecule has 0 atom stereocenters. The minimum Gasteiger partial charge on any atom is -0.382 e. The maximum atomic E-state index is 5.36. The van der Waals surface area contributed by atoms with Crippen LogP contribution in [0.15, 0.2) is 4.99 Å². The second kappa shape index (κ2) is 7.13. The van der Waals surface area contributed by atoms with Crippen LogP contribution in [0.5, 0.6) is 0 Å². The normalized spacial score (nSPS) is 22.4. The van der Waals surface area contributed by atoms with E-state index >= 15 is 0 Å². The van der Waals surface area contributed by atoms with Gasteiger partial charge < -0.3 is 15.0 Å². The van der Waals surface area contributed by atoms with E-state index in [1.54, 1.807) is 0 Å². The lowest BCUT2D eigenvalue weighted by Crippen LogP contribution is -2.41. The molecule has 1 heterocycles. The highest BCUT2D eigenvalue weighted by Crippen LogP contribution is 2.45. The Bertz CT molecular complexity index is 298. The van der Waals surface area contributed by atoms with Crippen LogP contribution in [-0.4, -0.2) is 50.8 Å². The molecule has 1 saturated heterocycles. The van der Waals surface area contributed by atoms with Crippen molar-refractivity contribution in [1.82, 2.24) is 10.2 Å². The van der Waals surface area contributed by atoms with Crippen molar-refractivity contribution < 1.29 is 4.74 Å². The Hall–Kier alpha value is -0.770. The van der Waals surface area contributed by atoms with E-state index in [0.717, 1.165) is 32.1 Å². The van der Waals surface area contributed by atoms with Crippen molar-refractivity contribution >= 4 is 5.96 Å². The maximum absolute atomic E-state index is 5.36. The van der Waals surface area contributed by atoms with Crippen molar-refractivity contribution in [2.75, 3.05) is 39.9 Å². The van der Waals surface area contributed by atoms with Gasteiger partial charge >= 0.3 is 0 Å². The van der Waals surface area contributed by atoms with Crippen LogP contribution in [0.4, 0.5) is 0 Å². The van der Waals surface area contributed by atoms with E-state index in [2.05, 4.69) is 15.2 Å². The van der Waals surface area contributed by atoms with Gasteiger partial charge in [-0.2, -0.15) is 0 Å². The Morgan fingerprint density at radius 1 is 1.32 bits per heavy atom. The van der Waals surface area contributed by atoms with Gasteiger partial charge in [-0.05, 0) is 38.0 Å². The number of nitrogens with one attached hydrogen (secondary N) is 1. The van der Waals surface area contributed by atoms with E-state index in [0.29, 0.717) is 5.41 Å². The van der Waals surface area contributed by atoms with Gasteiger partial charge in [0.2, 0.25) is 0 Å². The quantitative estimate of drug-likeness (QED) is 0.471. The minimum atomic E-state index is 0.614. The topological polar surface area (TPSA) is 36.9 Å². The van der Waals surface area contributed by atoms with Crippen molar-refractivity contribution in [1.29, 1.82) is 0 Å². The molecule has 19 heavy (non-hydrogen) atoms. The van der Waals surface area contributed by atoms with Crippen LogP contribution in [0.1, 0.15) is 45.4 Å². The lowest BCUT2D eigenvalue weighted by Gasteiger charge is -2.25. The predicted octanol–water partition coefficient (Wildman–Crippen LogP) is 2.25. The number of nitrogens with zero attached hydrogens (tertiary/aromatic N) is 2. The molecule has 1 aliphatic carbocycles. The highest BCUT2D eigenvalue weighted by atomic mass is 16.5. The van der Waals surface area contributed by atoms with Gasteiger partial charge in [0, 0.05) is 39.9 Å². The summed E-state index contributed by atoms with van der Waals surface area (Å²) >= 11 is 0. The SMILES string of the molecule is CCOCCCNC(=NC)N1CCC2(CCCC2)C1. The largest absolute Gasteiger partial charge is 0.382 e. The standard InChI is InChI=1S/C15H29N3O/c1-3-19-12-6-10-17-14(16-2)18-11-9-15(13-18)7-4-5-8-15/h3-13H2,1-2H3,(H,16,17). The third kappa shape index (κ3) is 3.85. The summed E-state index contributed by atoms with van der Waals surface area (Å²) in [7, 11) is 1.89. The molecule has 110 valence electrons. The summed E-state index contributed by atoms with van der Waals surface area (Å²) < 4.78 is 5.36. The maximum Gasteiger partial charge on any atom is 0.193 e. The van der Waals surface area contributed by atoms with E-state index in [1.807, 2.05) is 14.0 Å². The fourth-order valence-electron chi connectivity index (χ4n) is 3.50. The second-order valence-corrected chi connectivity index (χ2v) is 5.90. The van der Waals surface area contributed by atoms with Gasteiger partial charge in [0.05, 0.1) is 0 Å². The summed E-state index contributed by atoms with van der Waals surface area (Å²) in [5.41, 5.74) is 0.614. The Balaban J connectivity index is 1.73. The number of rotatable bonds is 5. The molecule has 1 saturated carbocycles. The lowest BCUT2D eigenvalue weighted by atomic mass is 9.86. The van der Waals surface area contributed by atoms with Crippen molar-refractivity contribution in [3.63, 3.8) is 0 Å². The van der Waals surface area contributed by atoms with Crippen LogP contribution in [-0.2, 0) is 4.74 Å². The Kier molecular flexibility index (Phi) is 5.49. The first-order valence-electron chi connectivity index (χ1n) is 7.83. The summed E-state index contributed by atoms with van der Waals surface area (Å²) in [6, 6.07) is 0. The number of guanidine groups is 1. The zero-order chi connectivity index (χ0) is 13.6. The molecule has 0 aromatic carbocycles. The van der Waals surface area contributed by atoms with Crippen LogP contribution in [0.2, 0.25) is 0 Å². The second-order valence-electron chi connectivity index (χ2n) is 5.90. The molecule has 1 spiro atoms. The number of hydrogen-bond acceptors (Lipinski definition) is 2. The molecule has 2 fully saturated rings. The number of hydrogen-bond donors (Lipinski definition) is 1. The fourth-order valence-corrected chi connectivity index (χ4v) is 3.50. The summed E-state index contributed by atoms with van der Waals surface area (Å²) in [5, 5.41) is 3.47. The zero-order valence-electron chi connectivity index (χ0n) is 12.6. The molecule has 2 aliphatic rings. The fraction of sp³-hybridized carbons (Fsp3) is 0.933. The average molecular weight is 267 g/mol. The summed E-state index contributed by atoms with van der Waals surface area (Å²) in [5.74, 6) is 1.08. The van der Waals surface area contributed by atoms with Crippen molar-refractivity contribution in [3.8, 4) is 0 Å². The van der Waals surface area contributed by atoms with Crippen LogP contribution in [0, 0.1) is 5.41 Å². The smallest absolute Gasteiger partial charge is 0.193 e. The van der Waals surface area contributed by atoms with E-state index in [-0.39, 0.29) is 0 Å². The average Bonchev–Trinajstić information content (AvgIpc) is 3.05. The number of ether oxygens (including phenoxy) is 1. The van der Waals surface area contributed by atoms with Gasteiger partial charge in [0.25, 0.3) is 0 Å². The predicted molar refractivity (Wildman–Crippen MR) is 79.6 cm³/mol. The van der Waals surface area contributed by atoms with Gasteiger partial charge in [-0.25, -0.2) is 0 Å². The van der Waals surface area contributed by atoms with Crippen LogP contribution in [0.25, 0.3) is 0 Å². The molecule has 0 unspecified atom stereocenters. The third-order valence-electron chi connectivity index (χ3n) is 4.57. The zero-order valence-corrected chi connectivity index (χ0v) is 12.6. The first-order valence-corrected chi connectivity index (χ1v) is 7.83. The molecule has 1 aliphatic heterocycles. The lowest BCUT2D eigenvalue weighted by molar-refractivity contribution is 0.145. The Labute approximate surface area is 117 Å². The molecule has 0 radical (unpaired) electrons. The molecule has 4 heteroatoms. The first-order chi connectivity index (χ1) is 9.29. The van der Waals surface area contributed by atoms with Crippen LogP contribution < -0.4 is 5.32 Å². The van der Waals surface area contributed by atoms with Crippen molar-refractivity contribution in [3.05, 3.63) is 0 Å². The van der Waals surface area contributed by atoms with Gasteiger partial charge in [-0.1, -0.05) is 12.8 Å². The molecular weight excluding hydrogens is 238 g/mol. The summed E-state index contributed by atoms with van der Waals surface area (Å²) in [6.07, 6.45) is 8.09. The summed E-state index contributed by atoms with van der Waals surface area (Å²) in [4.78, 5) is 6.88. The number of likely N-dealkylation sites (tertiary alicyclic amines) is 1. The minimum absolute atomic E-state index is 0.614. The third-order valence-corrected chi connectivity index (χ3v) is 4.57. The molecule has 2 rings (SSSR count). The van der Waals surface area contributed by atoms with Gasteiger partial charge in [0.15, 0.2) is 5.96 Å². The molecular formula is C15H29N3O. The first kappa shape index (κ1) is 14.6. The number of aliphatic imine (C=N–C) groups is 1.